The van der Waals surface area contributed by atoms with Crippen LogP contribution in [0.1, 0.15) is 39.3 Å². The van der Waals surface area contributed by atoms with Crippen molar-refractivity contribution >= 4 is 17.2 Å². The average Bonchev–Trinajstić information content (AvgIpc) is 3.10. The van der Waals surface area contributed by atoms with Crippen LogP contribution >= 0.6 is 0 Å². The minimum absolute atomic E-state index is 0.0150. The van der Waals surface area contributed by atoms with E-state index >= 15 is 0 Å². The molecule has 0 bridgehead atoms. The van der Waals surface area contributed by atoms with Crippen molar-refractivity contribution in [3.05, 3.63) is 77.1 Å². The molecule has 2 aliphatic heterocycles. The van der Waals surface area contributed by atoms with Gasteiger partial charge in [-0.2, -0.15) is 5.10 Å². The second-order valence-corrected chi connectivity index (χ2v) is 6.75. The van der Waals surface area contributed by atoms with Gasteiger partial charge in [0.25, 0.3) is 0 Å². The van der Waals surface area contributed by atoms with E-state index in [1.54, 1.807) is 4.68 Å². The number of ketones is 1. The monoisotopic (exact) mass is 361 g/mol. The van der Waals surface area contributed by atoms with Crippen LogP contribution in [0.25, 0.3) is 0 Å². The van der Waals surface area contributed by atoms with Crippen molar-refractivity contribution < 1.29 is 9.18 Å². The molecule has 2 aromatic carbocycles. The molecule has 3 aromatic rings. The molecule has 0 amide bonds. The standard InChI is InChI=1S/C20H16FN5O/c1-26-20(23-10-24-26)17-18(11-5-3-2-4-6-11)25-14-8-12(21)7-13-15(27)9-22-19(17)16(13)14/h2-8,10,17-18,25H,9H2,1H3/t17-,18-/m1/s1. The van der Waals surface area contributed by atoms with Gasteiger partial charge in [-0.1, -0.05) is 30.3 Å². The molecule has 7 heteroatoms. The number of rotatable bonds is 2. The number of hydrogen-bond donors (Lipinski definition) is 1. The number of halogens is 1. The minimum atomic E-state index is -0.435. The summed E-state index contributed by atoms with van der Waals surface area (Å²) in [5.41, 5.74) is 3.42. The Morgan fingerprint density at radius 2 is 2.04 bits per heavy atom. The number of nitrogens with zero attached hydrogens (tertiary/aromatic N) is 4. The highest BCUT2D eigenvalue weighted by Gasteiger charge is 2.41. The van der Waals surface area contributed by atoms with E-state index < -0.39 is 5.82 Å². The van der Waals surface area contributed by atoms with Gasteiger partial charge < -0.3 is 5.32 Å². The second-order valence-electron chi connectivity index (χ2n) is 6.75. The topological polar surface area (TPSA) is 72.2 Å². The molecular formula is C20H16FN5O. The molecule has 0 unspecified atom stereocenters. The zero-order valence-corrected chi connectivity index (χ0v) is 14.6. The van der Waals surface area contributed by atoms with Crippen molar-refractivity contribution in [3.63, 3.8) is 0 Å². The summed E-state index contributed by atoms with van der Waals surface area (Å²) in [6.07, 6.45) is 1.51. The molecule has 1 aromatic heterocycles. The van der Waals surface area contributed by atoms with Crippen LogP contribution in [0.15, 0.2) is 53.8 Å². The number of aromatic nitrogens is 3. The van der Waals surface area contributed by atoms with E-state index in [0.717, 1.165) is 17.1 Å². The number of aliphatic imine (C=N–C) groups is 1. The van der Waals surface area contributed by atoms with Crippen molar-refractivity contribution in [2.75, 3.05) is 11.9 Å². The van der Waals surface area contributed by atoms with Gasteiger partial charge in [-0.15, -0.1) is 0 Å². The molecule has 1 N–H and O–H groups in total. The highest BCUT2D eigenvalue weighted by atomic mass is 19.1. The summed E-state index contributed by atoms with van der Waals surface area (Å²) in [4.78, 5) is 21.4. The molecular weight excluding hydrogens is 345 g/mol. The van der Waals surface area contributed by atoms with Gasteiger partial charge in [-0.3, -0.25) is 14.5 Å². The lowest BCUT2D eigenvalue weighted by Crippen LogP contribution is -2.37. The third-order valence-corrected chi connectivity index (χ3v) is 5.17. The largest absolute Gasteiger partial charge is 0.376 e. The normalized spacial score (nSPS) is 20.7. The minimum Gasteiger partial charge on any atom is -0.376 e. The number of aryl methyl sites for hydroxylation is 1. The summed E-state index contributed by atoms with van der Waals surface area (Å²) < 4.78 is 15.9. The second kappa shape index (κ2) is 5.84. The van der Waals surface area contributed by atoms with Crippen LogP contribution in [0.4, 0.5) is 10.1 Å². The van der Waals surface area contributed by atoms with Crippen molar-refractivity contribution in [2.45, 2.75) is 12.0 Å². The van der Waals surface area contributed by atoms with E-state index in [4.69, 9.17) is 0 Å². The van der Waals surface area contributed by atoms with Crippen molar-refractivity contribution in [1.29, 1.82) is 0 Å². The highest BCUT2D eigenvalue weighted by molar-refractivity contribution is 6.21. The number of anilines is 1. The van der Waals surface area contributed by atoms with Gasteiger partial charge in [0.15, 0.2) is 5.78 Å². The van der Waals surface area contributed by atoms with Gasteiger partial charge in [0.1, 0.15) is 24.5 Å². The molecule has 5 rings (SSSR count). The maximum Gasteiger partial charge on any atom is 0.185 e. The molecule has 0 radical (unpaired) electrons. The molecule has 2 aliphatic rings. The fourth-order valence-corrected chi connectivity index (χ4v) is 3.99. The molecule has 0 fully saturated rings. The molecule has 6 nitrogen and oxygen atoms in total. The Balaban J connectivity index is 1.78. The van der Waals surface area contributed by atoms with Crippen LogP contribution < -0.4 is 5.32 Å². The number of hydrogen-bond acceptors (Lipinski definition) is 5. The first-order chi connectivity index (χ1) is 13.1. The average molecular weight is 361 g/mol. The number of nitrogens with one attached hydrogen (secondary N) is 1. The predicted molar refractivity (Wildman–Crippen MR) is 98.7 cm³/mol. The summed E-state index contributed by atoms with van der Waals surface area (Å²) in [7, 11) is 1.83. The summed E-state index contributed by atoms with van der Waals surface area (Å²) in [6, 6.07) is 12.4. The Labute approximate surface area is 154 Å². The highest BCUT2D eigenvalue weighted by Crippen LogP contribution is 2.44. The number of Topliss-reactive ketones (excluding diaryl/α,β-unsaturated/α-hetero) is 1. The van der Waals surface area contributed by atoms with Gasteiger partial charge >= 0.3 is 0 Å². The summed E-state index contributed by atoms with van der Waals surface area (Å²) in [6.45, 7) is 0.0150. The fourth-order valence-electron chi connectivity index (χ4n) is 3.99. The maximum atomic E-state index is 14.2. The third-order valence-electron chi connectivity index (χ3n) is 5.17. The maximum absolute atomic E-state index is 14.2. The Morgan fingerprint density at radius 1 is 1.22 bits per heavy atom. The Kier molecular flexibility index (Phi) is 3.43. The Morgan fingerprint density at radius 3 is 2.78 bits per heavy atom. The van der Waals surface area contributed by atoms with Gasteiger partial charge in [0.2, 0.25) is 0 Å². The third kappa shape index (κ3) is 2.38. The van der Waals surface area contributed by atoms with E-state index in [2.05, 4.69) is 20.4 Å². The molecule has 0 saturated carbocycles. The molecule has 2 atom stereocenters. The van der Waals surface area contributed by atoms with E-state index in [-0.39, 0.29) is 24.3 Å². The first-order valence-corrected chi connectivity index (χ1v) is 8.70. The van der Waals surface area contributed by atoms with Crippen LogP contribution in [0.2, 0.25) is 0 Å². The fraction of sp³-hybridized carbons (Fsp3) is 0.200. The van der Waals surface area contributed by atoms with Crippen LogP contribution in [0, 0.1) is 5.82 Å². The lowest BCUT2D eigenvalue weighted by Gasteiger charge is -2.37. The van der Waals surface area contributed by atoms with E-state index in [0.29, 0.717) is 16.8 Å². The first-order valence-electron chi connectivity index (χ1n) is 8.70. The van der Waals surface area contributed by atoms with Crippen LogP contribution in [0.3, 0.4) is 0 Å². The predicted octanol–water partition coefficient (Wildman–Crippen LogP) is 2.89. The lowest BCUT2D eigenvalue weighted by atomic mass is 9.78. The van der Waals surface area contributed by atoms with E-state index in [1.807, 2.05) is 37.4 Å². The zero-order valence-electron chi connectivity index (χ0n) is 14.6. The molecule has 134 valence electrons. The quantitative estimate of drug-likeness (QED) is 0.762. The molecule has 0 spiro atoms. The van der Waals surface area contributed by atoms with Gasteiger partial charge in [-0.25, -0.2) is 9.37 Å². The summed E-state index contributed by atoms with van der Waals surface area (Å²) >= 11 is 0. The van der Waals surface area contributed by atoms with Crippen LogP contribution in [0.5, 0.6) is 0 Å². The smallest absolute Gasteiger partial charge is 0.185 e. The Bertz CT molecular complexity index is 1090. The zero-order chi connectivity index (χ0) is 18.5. The molecule has 27 heavy (non-hydrogen) atoms. The summed E-state index contributed by atoms with van der Waals surface area (Å²) in [5.74, 6) is -0.115. The number of carbonyl (C=O) groups excluding carboxylic acids is 1. The molecule has 3 heterocycles. The summed E-state index contributed by atoms with van der Waals surface area (Å²) in [5, 5.41) is 7.64. The number of benzene rings is 2. The van der Waals surface area contributed by atoms with Gasteiger partial charge in [0, 0.05) is 23.9 Å². The first kappa shape index (κ1) is 15.9. The van der Waals surface area contributed by atoms with Crippen molar-refractivity contribution in [2.24, 2.45) is 12.0 Å². The number of carbonyl (C=O) groups is 1. The van der Waals surface area contributed by atoms with Crippen LogP contribution in [-0.4, -0.2) is 32.8 Å². The lowest BCUT2D eigenvalue weighted by molar-refractivity contribution is 0.0999. The van der Waals surface area contributed by atoms with Crippen LogP contribution in [-0.2, 0) is 7.05 Å². The SMILES string of the molecule is Cn1ncnc1[C@H]1C2=NCC(=O)c3cc(F)cc(c32)N[C@@H]1c1ccccc1. The Hall–Kier alpha value is -3.35. The van der Waals surface area contributed by atoms with Gasteiger partial charge in [-0.05, 0) is 17.7 Å². The van der Waals surface area contributed by atoms with Gasteiger partial charge in [0.05, 0.1) is 17.7 Å². The molecule has 0 saturated heterocycles. The van der Waals surface area contributed by atoms with Crippen molar-refractivity contribution in [3.8, 4) is 0 Å². The molecule has 0 aliphatic carbocycles. The van der Waals surface area contributed by atoms with E-state index in [1.165, 1.54) is 18.5 Å². The van der Waals surface area contributed by atoms with E-state index in [9.17, 15) is 9.18 Å². The van der Waals surface area contributed by atoms with Crippen molar-refractivity contribution in [1.82, 2.24) is 14.8 Å².